The van der Waals surface area contributed by atoms with Gasteiger partial charge in [0.15, 0.2) is 5.16 Å². The van der Waals surface area contributed by atoms with E-state index in [1.807, 2.05) is 41.8 Å². The molecule has 0 atom stereocenters. The summed E-state index contributed by atoms with van der Waals surface area (Å²) < 4.78 is 7.64. The molecule has 5 nitrogen and oxygen atoms in total. The van der Waals surface area contributed by atoms with Gasteiger partial charge in [0.25, 0.3) is 5.56 Å². The first-order valence-electron chi connectivity index (χ1n) is 7.40. The largest absolute Gasteiger partial charge is 0.360 e. The molecule has 1 aromatic carbocycles. The Morgan fingerprint density at radius 1 is 1.28 bits per heavy atom. The first-order valence-corrected chi connectivity index (χ1v) is 9.65. The molecule has 3 aromatic heterocycles. The van der Waals surface area contributed by atoms with Crippen LogP contribution in [0.1, 0.15) is 5.76 Å². The summed E-state index contributed by atoms with van der Waals surface area (Å²) in [6, 6.07) is 11.2. The maximum atomic E-state index is 12.3. The van der Waals surface area contributed by atoms with E-state index < -0.39 is 0 Å². The summed E-state index contributed by atoms with van der Waals surface area (Å²) in [6.45, 7) is 0. The predicted molar refractivity (Wildman–Crippen MR) is 101 cm³/mol. The summed E-state index contributed by atoms with van der Waals surface area (Å²) in [6.07, 6.45) is 0. The minimum atomic E-state index is -0.0260. The van der Waals surface area contributed by atoms with Crippen molar-refractivity contribution in [3.8, 4) is 11.3 Å². The summed E-state index contributed by atoms with van der Waals surface area (Å²) >= 11 is 8.76. The van der Waals surface area contributed by atoms with Crippen LogP contribution in [0.15, 0.2) is 56.3 Å². The Bertz CT molecular complexity index is 1100. The highest BCUT2D eigenvalue weighted by atomic mass is 35.5. The minimum Gasteiger partial charge on any atom is -0.360 e. The molecule has 0 aliphatic carbocycles. The van der Waals surface area contributed by atoms with Gasteiger partial charge in [0, 0.05) is 23.7 Å². The van der Waals surface area contributed by atoms with E-state index in [4.69, 9.17) is 16.1 Å². The molecule has 0 radical (unpaired) electrons. The van der Waals surface area contributed by atoms with Crippen molar-refractivity contribution in [3.05, 3.63) is 62.9 Å². The van der Waals surface area contributed by atoms with Crippen LogP contribution in [0, 0.1) is 0 Å². The lowest BCUT2D eigenvalue weighted by molar-refractivity contribution is 0.397. The first-order chi connectivity index (χ1) is 12.1. The topological polar surface area (TPSA) is 60.9 Å². The summed E-state index contributed by atoms with van der Waals surface area (Å²) in [4.78, 5) is 16.9. The quantitative estimate of drug-likeness (QED) is 0.377. The van der Waals surface area contributed by atoms with Gasteiger partial charge >= 0.3 is 0 Å². The van der Waals surface area contributed by atoms with Gasteiger partial charge in [-0.3, -0.25) is 9.36 Å². The molecule has 0 amide bonds. The SMILES string of the molecule is Cn1c(SCc2cc(-c3ccc(Cl)cc3)no2)nc2ccsc2c1=O. The number of thiophene rings is 1. The van der Waals surface area contributed by atoms with E-state index in [0.29, 0.717) is 20.6 Å². The smallest absolute Gasteiger partial charge is 0.271 e. The van der Waals surface area contributed by atoms with Crippen molar-refractivity contribution in [2.45, 2.75) is 10.9 Å². The zero-order chi connectivity index (χ0) is 17.4. The molecule has 0 aliphatic rings. The van der Waals surface area contributed by atoms with Crippen molar-refractivity contribution in [2.75, 3.05) is 0 Å². The third-order valence-corrected chi connectivity index (χ3v) is 5.88. The number of thioether (sulfide) groups is 1. The second kappa shape index (κ2) is 6.67. The van der Waals surface area contributed by atoms with Gasteiger partial charge in [-0.15, -0.1) is 11.3 Å². The van der Waals surface area contributed by atoms with E-state index in [1.165, 1.54) is 23.1 Å². The van der Waals surface area contributed by atoms with Crippen molar-refractivity contribution in [2.24, 2.45) is 7.05 Å². The fourth-order valence-corrected chi connectivity index (χ4v) is 4.15. The molecule has 0 bridgehead atoms. The number of hydrogen-bond acceptors (Lipinski definition) is 6. The third kappa shape index (κ3) is 3.22. The summed E-state index contributed by atoms with van der Waals surface area (Å²) in [5.41, 5.74) is 2.40. The van der Waals surface area contributed by atoms with E-state index in [1.54, 1.807) is 11.6 Å². The predicted octanol–water partition coefficient (Wildman–Crippen LogP) is 4.60. The Labute approximate surface area is 156 Å². The molecule has 0 N–H and O–H groups in total. The highest BCUT2D eigenvalue weighted by Crippen LogP contribution is 2.26. The molecule has 0 saturated carbocycles. The van der Waals surface area contributed by atoms with Crippen LogP contribution in [0.3, 0.4) is 0 Å². The zero-order valence-electron chi connectivity index (χ0n) is 13.1. The minimum absolute atomic E-state index is 0.0260. The van der Waals surface area contributed by atoms with Gasteiger partial charge < -0.3 is 4.52 Å². The molecule has 4 rings (SSSR count). The van der Waals surface area contributed by atoms with Crippen molar-refractivity contribution >= 4 is 44.9 Å². The van der Waals surface area contributed by atoms with E-state index in [-0.39, 0.29) is 5.56 Å². The van der Waals surface area contributed by atoms with Crippen molar-refractivity contribution < 1.29 is 4.52 Å². The van der Waals surface area contributed by atoms with E-state index in [9.17, 15) is 4.79 Å². The standard InChI is InChI=1S/C17H12ClN3O2S2/c1-21-16(22)15-13(6-7-24-15)19-17(21)25-9-12-8-14(20-23-12)10-2-4-11(18)5-3-10/h2-8H,9H2,1H3. The molecule has 0 saturated heterocycles. The van der Waals surface area contributed by atoms with Crippen LogP contribution in [0.5, 0.6) is 0 Å². The van der Waals surface area contributed by atoms with Crippen molar-refractivity contribution in [3.63, 3.8) is 0 Å². The van der Waals surface area contributed by atoms with Gasteiger partial charge in [-0.2, -0.15) is 0 Å². The average molecular weight is 390 g/mol. The fourth-order valence-electron chi connectivity index (χ4n) is 2.37. The number of benzene rings is 1. The van der Waals surface area contributed by atoms with Gasteiger partial charge in [0.05, 0.1) is 11.3 Å². The lowest BCUT2D eigenvalue weighted by atomic mass is 10.1. The molecule has 126 valence electrons. The van der Waals surface area contributed by atoms with Gasteiger partial charge in [-0.25, -0.2) is 4.98 Å². The number of rotatable bonds is 4. The third-order valence-electron chi connectivity index (χ3n) is 3.69. The second-order valence-corrected chi connectivity index (χ2v) is 7.66. The Morgan fingerprint density at radius 3 is 2.88 bits per heavy atom. The monoisotopic (exact) mass is 389 g/mol. The number of nitrogens with zero attached hydrogens (tertiary/aromatic N) is 3. The van der Waals surface area contributed by atoms with Crippen LogP contribution in [0.25, 0.3) is 21.5 Å². The second-order valence-electron chi connectivity index (χ2n) is 5.37. The Kier molecular flexibility index (Phi) is 4.37. The summed E-state index contributed by atoms with van der Waals surface area (Å²) in [7, 11) is 1.73. The molecule has 0 aliphatic heterocycles. The maximum absolute atomic E-state index is 12.3. The molecule has 0 spiro atoms. The highest BCUT2D eigenvalue weighted by Gasteiger charge is 2.12. The lowest BCUT2D eigenvalue weighted by Crippen LogP contribution is -2.18. The normalized spacial score (nSPS) is 11.3. The first kappa shape index (κ1) is 16.4. The van der Waals surface area contributed by atoms with Gasteiger partial charge in [-0.1, -0.05) is 40.7 Å². The molecule has 4 aromatic rings. The average Bonchev–Trinajstić information content (AvgIpc) is 3.27. The maximum Gasteiger partial charge on any atom is 0.271 e. The molecule has 8 heteroatoms. The fraction of sp³-hybridized carbons (Fsp3) is 0.118. The molecule has 3 heterocycles. The van der Waals surface area contributed by atoms with Crippen LogP contribution in [0.4, 0.5) is 0 Å². The van der Waals surface area contributed by atoms with E-state index in [2.05, 4.69) is 10.1 Å². The number of halogens is 1. The van der Waals surface area contributed by atoms with Crippen LogP contribution >= 0.6 is 34.7 Å². The molecular weight excluding hydrogens is 378 g/mol. The van der Waals surface area contributed by atoms with Crippen LogP contribution in [-0.4, -0.2) is 14.7 Å². The van der Waals surface area contributed by atoms with Crippen LogP contribution in [0.2, 0.25) is 5.02 Å². The van der Waals surface area contributed by atoms with Gasteiger partial charge in [0.2, 0.25) is 0 Å². The Morgan fingerprint density at radius 2 is 2.08 bits per heavy atom. The number of fused-ring (bicyclic) bond motifs is 1. The molecule has 25 heavy (non-hydrogen) atoms. The number of hydrogen-bond donors (Lipinski definition) is 0. The molecule has 0 fully saturated rings. The van der Waals surface area contributed by atoms with Gasteiger partial charge in [0.1, 0.15) is 16.2 Å². The zero-order valence-corrected chi connectivity index (χ0v) is 15.5. The number of aromatic nitrogens is 3. The Hall–Kier alpha value is -2.09. The van der Waals surface area contributed by atoms with E-state index >= 15 is 0 Å². The lowest BCUT2D eigenvalue weighted by Gasteiger charge is -2.05. The van der Waals surface area contributed by atoms with Crippen molar-refractivity contribution in [1.29, 1.82) is 0 Å². The van der Waals surface area contributed by atoms with E-state index in [0.717, 1.165) is 22.5 Å². The summed E-state index contributed by atoms with van der Waals surface area (Å²) in [5.74, 6) is 1.26. The highest BCUT2D eigenvalue weighted by molar-refractivity contribution is 7.98. The van der Waals surface area contributed by atoms with Crippen LogP contribution < -0.4 is 5.56 Å². The van der Waals surface area contributed by atoms with Gasteiger partial charge in [-0.05, 0) is 23.6 Å². The van der Waals surface area contributed by atoms with Crippen LogP contribution in [-0.2, 0) is 12.8 Å². The Balaban J connectivity index is 1.55. The molecule has 0 unspecified atom stereocenters. The molecular formula is C17H12ClN3O2S2. The van der Waals surface area contributed by atoms with Crippen molar-refractivity contribution in [1.82, 2.24) is 14.7 Å². The summed E-state index contributed by atoms with van der Waals surface area (Å²) in [5, 5.41) is 7.30.